The van der Waals surface area contributed by atoms with Crippen molar-refractivity contribution < 1.29 is 4.79 Å². The van der Waals surface area contributed by atoms with Crippen molar-refractivity contribution in [3.05, 3.63) is 34.9 Å². The summed E-state index contributed by atoms with van der Waals surface area (Å²) in [7, 11) is 0. The van der Waals surface area contributed by atoms with E-state index >= 15 is 0 Å². The number of rotatable bonds is 5. The second-order valence-electron chi connectivity index (χ2n) is 5.47. The third-order valence-electron chi connectivity index (χ3n) is 3.92. The minimum atomic E-state index is -0.407. The Bertz CT molecular complexity index is 546. The van der Waals surface area contributed by atoms with E-state index in [1.165, 1.54) is 0 Å². The lowest BCUT2D eigenvalue weighted by Crippen LogP contribution is -2.41. The molecule has 0 radical (unpaired) electrons. The van der Waals surface area contributed by atoms with Gasteiger partial charge in [-0.3, -0.25) is 4.79 Å². The normalized spacial score (nSPS) is 17.1. The first kappa shape index (κ1) is 14.9. The highest BCUT2D eigenvalue weighted by molar-refractivity contribution is 6.30. The Morgan fingerprint density at radius 2 is 2.25 bits per heavy atom. The number of hydrogen-bond donors (Lipinski definition) is 0. The molecule has 1 atom stereocenters. The summed E-state index contributed by atoms with van der Waals surface area (Å²) in [6.07, 6.45) is 1.73. The Kier molecular flexibility index (Phi) is 4.35. The maximum absolute atomic E-state index is 12.8. The van der Waals surface area contributed by atoms with E-state index in [0.717, 1.165) is 18.4 Å². The van der Waals surface area contributed by atoms with Crippen molar-refractivity contribution in [1.29, 1.82) is 5.26 Å². The molecular formula is C16H19ClN2O. The van der Waals surface area contributed by atoms with Crippen molar-refractivity contribution in [3.8, 4) is 6.07 Å². The van der Waals surface area contributed by atoms with Crippen LogP contribution < -0.4 is 0 Å². The predicted molar refractivity (Wildman–Crippen MR) is 79.4 cm³/mol. The van der Waals surface area contributed by atoms with Gasteiger partial charge in [-0.25, -0.2) is 0 Å². The fourth-order valence-electron chi connectivity index (χ4n) is 2.57. The molecular weight excluding hydrogens is 272 g/mol. The first-order chi connectivity index (χ1) is 9.53. The zero-order chi connectivity index (χ0) is 14.8. The van der Waals surface area contributed by atoms with E-state index < -0.39 is 5.41 Å². The van der Waals surface area contributed by atoms with E-state index in [2.05, 4.69) is 6.07 Å². The van der Waals surface area contributed by atoms with Gasteiger partial charge in [-0.05, 0) is 44.4 Å². The third-order valence-corrected chi connectivity index (χ3v) is 4.16. The van der Waals surface area contributed by atoms with Crippen LogP contribution in [0.4, 0.5) is 0 Å². The molecule has 1 aliphatic carbocycles. The summed E-state index contributed by atoms with van der Waals surface area (Å²) >= 11 is 6.04. The Morgan fingerprint density at radius 1 is 1.55 bits per heavy atom. The number of benzene rings is 1. The van der Waals surface area contributed by atoms with E-state index in [9.17, 15) is 4.79 Å². The van der Waals surface area contributed by atoms with Crippen LogP contribution in [0.2, 0.25) is 5.02 Å². The molecule has 106 valence electrons. The van der Waals surface area contributed by atoms with Crippen molar-refractivity contribution >= 4 is 17.5 Å². The van der Waals surface area contributed by atoms with Crippen molar-refractivity contribution in [3.63, 3.8) is 0 Å². The van der Waals surface area contributed by atoms with E-state index in [1.807, 2.05) is 38.1 Å². The average Bonchev–Trinajstić information content (AvgIpc) is 3.25. The minimum absolute atomic E-state index is 0.129. The van der Waals surface area contributed by atoms with E-state index in [4.69, 9.17) is 16.9 Å². The number of nitriles is 1. The lowest BCUT2D eigenvalue weighted by atomic mass is 9.94. The molecule has 0 N–H and O–H groups in total. The number of nitrogens with zero attached hydrogens (tertiary/aromatic N) is 2. The lowest BCUT2D eigenvalue weighted by Gasteiger charge is -2.27. The van der Waals surface area contributed by atoms with Gasteiger partial charge in [0.05, 0.1) is 17.4 Å². The quantitative estimate of drug-likeness (QED) is 0.834. The summed E-state index contributed by atoms with van der Waals surface area (Å²) in [6, 6.07) is 9.75. The van der Waals surface area contributed by atoms with Gasteiger partial charge >= 0.3 is 0 Å². The zero-order valence-corrected chi connectivity index (χ0v) is 12.7. The topological polar surface area (TPSA) is 44.1 Å². The van der Waals surface area contributed by atoms with Gasteiger partial charge in [-0.2, -0.15) is 5.26 Å². The molecule has 1 aromatic carbocycles. The van der Waals surface area contributed by atoms with Gasteiger partial charge in [-0.1, -0.05) is 23.7 Å². The monoisotopic (exact) mass is 290 g/mol. The first-order valence-electron chi connectivity index (χ1n) is 6.98. The molecule has 3 nitrogen and oxygen atoms in total. The van der Waals surface area contributed by atoms with Gasteiger partial charge in [0, 0.05) is 18.1 Å². The van der Waals surface area contributed by atoms with Crippen molar-refractivity contribution in [1.82, 2.24) is 4.90 Å². The second-order valence-corrected chi connectivity index (χ2v) is 5.90. The highest BCUT2D eigenvalue weighted by Gasteiger charge is 2.52. The zero-order valence-electron chi connectivity index (χ0n) is 11.9. The number of carbonyl (C=O) groups excluding carboxylic acids is 1. The molecule has 0 saturated heterocycles. The molecule has 0 spiro atoms. The molecule has 0 bridgehead atoms. The third kappa shape index (κ3) is 2.81. The lowest BCUT2D eigenvalue weighted by molar-refractivity contribution is -0.134. The van der Waals surface area contributed by atoms with Crippen LogP contribution in [0.25, 0.3) is 0 Å². The Balaban J connectivity index is 2.21. The van der Waals surface area contributed by atoms with E-state index in [0.29, 0.717) is 18.1 Å². The Morgan fingerprint density at radius 3 is 2.75 bits per heavy atom. The van der Waals surface area contributed by atoms with Gasteiger partial charge in [0.2, 0.25) is 5.91 Å². The maximum atomic E-state index is 12.8. The summed E-state index contributed by atoms with van der Waals surface area (Å²) in [5.41, 5.74) is 0.592. The molecule has 1 aromatic rings. The van der Waals surface area contributed by atoms with Crippen LogP contribution in [0.1, 0.15) is 32.3 Å². The van der Waals surface area contributed by atoms with Gasteiger partial charge < -0.3 is 4.90 Å². The number of likely N-dealkylation sites (N-methyl/N-ethyl adjacent to an activating group) is 1. The van der Waals surface area contributed by atoms with Crippen LogP contribution in [0, 0.1) is 17.2 Å². The highest BCUT2D eigenvalue weighted by Crippen LogP contribution is 2.50. The molecule has 2 rings (SSSR count). The largest absolute Gasteiger partial charge is 0.341 e. The predicted octanol–water partition coefficient (Wildman–Crippen LogP) is 3.38. The SMILES string of the molecule is CCN(CC(C)C#N)C(=O)C1(c2cccc(Cl)c2)CC1. The summed E-state index contributed by atoms with van der Waals surface area (Å²) in [5, 5.41) is 9.59. The fourth-order valence-corrected chi connectivity index (χ4v) is 2.76. The standard InChI is InChI=1S/C16H19ClN2O/c1-3-19(11-12(2)10-18)15(20)16(7-8-16)13-5-4-6-14(17)9-13/h4-6,9,12H,3,7-8,11H2,1-2H3. The molecule has 1 aliphatic rings. The van der Waals surface area contributed by atoms with E-state index in [1.54, 1.807) is 4.90 Å². The number of carbonyl (C=O) groups is 1. The van der Waals surface area contributed by atoms with Gasteiger partial charge in [0.1, 0.15) is 0 Å². The first-order valence-corrected chi connectivity index (χ1v) is 7.36. The van der Waals surface area contributed by atoms with Crippen LogP contribution in [0.15, 0.2) is 24.3 Å². The summed E-state index contributed by atoms with van der Waals surface area (Å²) in [6.45, 7) is 4.92. The van der Waals surface area contributed by atoms with Crippen molar-refractivity contribution in [2.75, 3.05) is 13.1 Å². The highest BCUT2D eigenvalue weighted by atomic mass is 35.5. The molecule has 20 heavy (non-hydrogen) atoms. The molecule has 4 heteroatoms. The molecule has 1 saturated carbocycles. The van der Waals surface area contributed by atoms with Crippen molar-refractivity contribution in [2.45, 2.75) is 32.1 Å². The molecule has 1 amide bonds. The average molecular weight is 291 g/mol. The van der Waals surface area contributed by atoms with Crippen LogP contribution in [-0.4, -0.2) is 23.9 Å². The van der Waals surface area contributed by atoms with Crippen LogP contribution in [0.3, 0.4) is 0 Å². The summed E-state index contributed by atoms with van der Waals surface area (Å²) < 4.78 is 0. The Hall–Kier alpha value is -1.53. The second kappa shape index (κ2) is 5.85. The number of halogens is 1. The van der Waals surface area contributed by atoms with Crippen LogP contribution in [0.5, 0.6) is 0 Å². The fraction of sp³-hybridized carbons (Fsp3) is 0.500. The smallest absolute Gasteiger partial charge is 0.233 e. The molecule has 0 heterocycles. The van der Waals surface area contributed by atoms with Crippen molar-refractivity contribution in [2.24, 2.45) is 5.92 Å². The minimum Gasteiger partial charge on any atom is -0.341 e. The number of amides is 1. The number of hydrogen-bond acceptors (Lipinski definition) is 2. The summed E-state index contributed by atoms with van der Waals surface area (Å²) in [5.74, 6) is -0.0153. The van der Waals surface area contributed by atoms with Gasteiger partial charge in [-0.15, -0.1) is 0 Å². The van der Waals surface area contributed by atoms with Gasteiger partial charge in [0.25, 0.3) is 0 Å². The molecule has 0 aromatic heterocycles. The molecule has 1 unspecified atom stereocenters. The van der Waals surface area contributed by atoms with E-state index in [-0.39, 0.29) is 11.8 Å². The summed E-state index contributed by atoms with van der Waals surface area (Å²) in [4.78, 5) is 14.6. The maximum Gasteiger partial charge on any atom is 0.233 e. The van der Waals surface area contributed by atoms with Gasteiger partial charge in [0.15, 0.2) is 0 Å². The Labute approximate surface area is 125 Å². The molecule has 0 aliphatic heterocycles. The van der Waals surface area contributed by atoms with Crippen LogP contribution >= 0.6 is 11.6 Å². The molecule has 1 fully saturated rings. The van der Waals surface area contributed by atoms with Crippen LogP contribution in [-0.2, 0) is 10.2 Å².